The monoisotopic (exact) mass is 460 g/mol. The number of thioether (sulfide) groups is 1. The third kappa shape index (κ3) is 5.35. The Morgan fingerprint density at radius 3 is 2.19 bits per heavy atom. The molecule has 0 aromatic heterocycles. The average molecular weight is 461 g/mol. The number of benzene rings is 2. The predicted molar refractivity (Wildman–Crippen MR) is 127 cm³/mol. The van der Waals surface area contributed by atoms with E-state index >= 15 is 0 Å². The highest BCUT2D eigenvalue weighted by Crippen LogP contribution is 2.40. The first kappa shape index (κ1) is 23.0. The third-order valence-electron chi connectivity index (χ3n) is 4.47. The largest absolute Gasteiger partial charge is 0.493 e. The van der Waals surface area contributed by atoms with Crippen molar-refractivity contribution in [3.8, 4) is 17.2 Å². The maximum atomic E-state index is 13.2. The molecule has 0 radical (unpaired) electrons. The molecule has 1 fully saturated rings. The molecule has 0 N–H and O–H groups in total. The number of amidine groups is 1. The van der Waals surface area contributed by atoms with E-state index in [2.05, 4.69) is 18.8 Å². The lowest BCUT2D eigenvalue weighted by Gasteiger charge is -2.17. The van der Waals surface area contributed by atoms with Gasteiger partial charge in [-0.15, -0.1) is 0 Å². The summed E-state index contributed by atoms with van der Waals surface area (Å²) < 4.78 is 16.2. The minimum absolute atomic E-state index is 0.0832. The molecule has 1 aliphatic heterocycles. The highest BCUT2D eigenvalue weighted by Gasteiger charge is 2.34. The summed E-state index contributed by atoms with van der Waals surface area (Å²) in [7, 11) is 4.67. The van der Waals surface area contributed by atoms with Gasteiger partial charge in [-0.05, 0) is 65.7 Å². The van der Waals surface area contributed by atoms with Gasteiger partial charge in [-0.1, -0.05) is 25.4 Å². The summed E-state index contributed by atoms with van der Waals surface area (Å²) in [4.78, 5) is 20.2. The van der Waals surface area contributed by atoms with Gasteiger partial charge in [0, 0.05) is 11.6 Å². The Balaban J connectivity index is 2.01. The van der Waals surface area contributed by atoms with E-state index in [0.717, 1.165) is 11.3 Å². The lowest BCUT2D eigenvalue weighted by atomic mass is 10.1. The van der Waals surface area contributed by atoms with Crippen molar-refractivity contribution >= 4 is 46.2 Å². The molecule has 3 rings (SSSR count). The van der Waals surface area contributed by atoms with Gasteiger partial charge < -0.3 is 14.2 Å². The van der Waals surface area contributed by atoms with Crippen LogP contribution in [0.1, 0.15) is 19.4 Å². The van der Waals surface area contributed by atoms with E-state index in [1.165, 1.54) is 11.8 Å². The molecule has 1 saturated heterocycles. The Morgan fingerprint density at radius 2 is 1.68 bits per heavy atom. The summed E-state index contributed by atoms with van der Waals surface area (Å²) in [6, 6.07) is 10.8. The Labute approximate surface area is 191 Å². The number of nitrogens with zero attached hydrogens (tertiary/aromatic N) is 2. The SMILES string of the molecule is COc1cc(/C=C2\SC(=Nc3ccc(Cl)cc3)N(CC(C)C)C2=O)cc(OC)c1OC. The van der Waals surface area contributed by atoms with E-state index in [0.29, 0.717) is 44.8 Å². The molecule has 6 nitrogen and oxygen atoms in total. The van der Waals surface area contributed by atoms with Crippen LogP contribution in [0.15, 0.2) is 46.3 Å². The van der Waals surface area contributed by atoms with Crippen LogP contribution in [0.2, 0.25) is 5.02 Å². The Bertz CT molecular complexity index is 994. The van der Waals surface area contributed by atoms with Gasteiger partial charge in [0.1, 0.15) is 0 Å². The summed E-state index contributed by atoms with van der Waals surface area (Å²) in [5, 5.41) is 1.28. The maximum absolute atomic E-state index is 13.2. The summed E-state index contributed by atoms with van der Waals surface area (Å²) >= 11 is 7.32. The molecule has 1 amide bonds. The number of hydrogen-bond acceptors (Lipinski definition) is 6. The third-order valence-corrected chi connectivity index (χ3v) is 5.73. The number of hydrogen-bond donors (Lipinski definition) is 0. The van der Waals surface area contributed by atoms with Crippen LogP contribution < -0.4 is 14.2 Å². The molecule has 2 aromatic carbocycles. The van der Waals surface area contributed by atoms with Gasteiger partial charge in [-0.25, -0.2) is 4.99 Å². The van der Waals surface area contributed by atoms with E-state index < -0.39 is 0 Å². The van der Waals surface area contributed by atoms with Gasteiger partial charge in [-0.2, -0.15) is 0 Å². The number of ether oxygens (including phenoxy) is 3. The molecule has 0 aliphatic carbocycles. The molecule has 1 aliphatic rings. The van der Waals surface area contributed by atoms with Crippen molar-refractivity contribution in [2.75, 3.05) is 27.9 Å². The van der Waals surface area contributed by atoms with Crippen molar-refractivity contribution in [3.05, 3.63) is 51.9 Å². The van der Waals surface area contributed by atoms with Crippen LogP contribution in [-0.2, 0) is 4.79 Å². The van der Waals surface area contributed by atoms with Crippen LogP contribution in [-0.4, -0.2) is 43.8 Å². The molecule has 0 unspecified atom stereocenters. The fraction of sp³-hybridized carbons (Fsp3) is 0.304. The van der Waals surface area contributed by atoms with Crippen LogP contribution in [0, 0.1) is 5.92 Å². The first-order chi connectivity index (χ1) is 14.9. The molecular weight excluding hydrogens is 436 g/mol. The minimum atomic E-state index is -0.0832. The van der Waals surface area contributed by atoms with Crippen LogP contribution in [0.5, 0.6) is 17.2 Å². The lowest BCUT2D eigenvalue weighted by Crippen LogP contribution is -2.32. The van der Waals surface area contributed by atoms with Gasteiger partial charge in [0.05, 0.1) is 31.9 Å². The van der Waals surface area contributed by atoms with E-state index in [1.807, 2.05) is 30.3 Å². The van der Waals surface area contributed by atoms with Crippen LogP contribution in [0.4, 0.5) is 5.69 Å². The zero-order valence-electron chi connectivity index (χ0n) is 18.1. The fourth-order valence-electron chi connectivity index (χ4n) is 3.08. The number of halogens is 1. The molecule has 0 saturated carbocycles. The van der Waals surface area contributed by atoms with Crippen molar-refractivity contribution in [2.45, 2.75) is 13.8 Å². The first-order valence-corrected chi connectivity index (χ1v) is 10.9. The van der Waals surface area contributed by atoms with Gasteiger partial charge in [0.25, 0.3) is 5.91 Å². The van der Waals surface area contributed by atoms with Crippen molar-refractivity contribution in [2.24, 2.45) is 10.9 Å². The number of methoxy groups -OCH3 is 3. The lowest BCUT2D eigenvalue weighted by molar-refractivity contribution is -0.122. The van der Waals surface area contributed by atoms with Crippen molar-refractivity contribution in [1.82, 2.24) is 4.90 Å². The van der Waals surface area contributed by atoms with Gasteiger partial charge in [-0.3, -0.25) is 9.69 Å². The molecule has 2 aromatic rings. The highest BCUT2D eigenvalue weighted by molar-refractivity contribution is 8.18. The summed E-state index contributed by atoms with van der Waals surface area (Å²) in [6.45, 7) is 4.71. The van der Waals surface area contributed by atoms with E-state index in [1.54, 1.807) is 38.4 Å². The number of aliphatic imine (C=N–C) groups is 1. The van der Waals surface area contributed by atoms with Crippen LogP contribution >= 0.6 is 23.4 Å². The molecule has 164 valence electrons. The standard InChI is InChI=1S/C23H25ClN2O4S/c1-14(2)13-26-22(27)20(31-23(26)25-17-8-6-16(24)7-9-17)12-15-10-18(28-3)21(30-5)19(11-15)29-4/h6-12,14H,13H2,1-5H3/b20-12-,25-23?. The second kappa shape index (κ2) is 10.1. The predicted octanol–water partition coefficient (Wildman–Crippen LogP) is 5.63. The fourth-order valence-corrected chi connectivity index (χ4v) is 4.21. The number of carbonyl (C=O) groups is 1. The average Bonchev–Trinajstić information content (AvgIpc) is 3.02. The van der Waals surface area contributed by atoms with Gasteiger partial charge in [0.15, 0.2) is 16.7 Å². The van der Waals surface area contributed by atoms with Crippen LogP contribution in [0.3, 0.4) is 0 Å². The molecular formula is C23H25ClN2O4S. The number of amides is 1. The zero-order valence-corrected chi connectivity index (χ0v) is 19.7. The van der Waals surface area contributed by atoms with Crippen molar-refractivity contribution in [3.63, 3.8) is 0 Å². The van der Waals surface area contributed by atoms with Crippen molar-refractivity contribution < 1.29 is 19.0 Å². The molecule has 31 heavy (non-hydrogen) atoms. The summed E-state index contributed by atoms with van der Waals surface area (Å²) in [5.74, 6) is 1.76. The molecule has 1 heterocycles. The van der Waals surface area contributed by atoms with E-state index in [9.17, 15) is 4.79 Å². The topological polar surface area (TPSA) is 60.4 Å². The Kier molecular flexibility index (Phi) is 7.51. The second-order valence-corrected chi connectivity index (χ2v) is 8.70. The second-order valence-electron chi connectivity index (χ2n) is 7.25. The smallest absolute Gasteiger partial charge is 0.266 e. The Hall–Kier alpha value is -2.64. The summed E-state index contributed by atoms with van der Waals surface area (Å²) in [6.07, 6.45) is 1.81. The highest BCUT2D eigenvalue weighted by atomic mass is 35.5. The quantitative estimate of drug-likeness (QED) is 0.501. The van der Waals surface area contributed by atoms with Crippen LogP contribution in [0.25, 0.3) is 6.08 Å². The normalized spacial score (nSPS) is 16.5. The number of rotatable bonds is 7. The maximum Gasteiger partial charge on any atom is 0.266 e. The van der Waals surface area contributed by atoms with E-state index in [4.69, 9.17) is 25.8 Å². The summed E-state index contributed by atoms with van der Waals surface area (Å²) in [5.41, 5.74) is 1.50. The van der Waals surface area contributed by atoms with Gasteiger partial charge in [0.2, 0.25) is 5.75 Å². The van der Waals surface area contributed by atoms with E-state index in [-0.39, 0.29) is 5.91 Å². The van der Waals surface area contributed by atoms with Crippen molar-refractivity contribution in [1.29, 1.82) is 0 Å². The molecule has 0 bridgehead atoms. The molecule has 0 atom stereocenters. The molecule has 8 heteroatoms. The Morgan fingerprint density at radius 1 is 1.06 bits per heavy atom. The molecule has 0 spiro atoms. The zero-order chi connectivity index (χ0) is 22.5. The minimum Gasteiger partial charge on any atom is -0.493 e. The van der Waals surface area contributed by atoms with Gasteiger partial charge >= 0.3 is 0 Å². The number of carbonyl (C=O) groups excluding carboxylic acids is 1. The first-order valence-electron chi connectivity index (χ1n) is 9.72.